The zero-order valence-electron chi connectivity index (χ0n) is 10.1. The van der Waals surface area contributed by atoms with Crippen LogP contribution in [0, 0.1) is 0 Å². The smallest absolute Gasteiger partial charge is 0.170 e. The highest BCUT2D eigenvalue weighted by Crippen LogP contribution is 2.20. The van der Waals surface area contributed by atoms with Gasteiger partial charge in [0.2, 0.25) is 0 Å². The molecule has 1 aromatic rings. The molecule has 1 aliphatic rings. The molecule has 0 amide bonds. The average Bonchev–Trinajstić information content (AvgIpc) is 2.42. The van der Waals surface area contributed by atoms with E-state index in [1.807, 2.05) is 30.3 Å². The molecule has 1 fully saturated rings. The van der Waals surface area contributed by atoms with Gasteiger partial charge in [-0.2, -0.15) is 0 Å². The predicted molar refractivity (Wildman–Crippen MR) is 71.0 cm³/mol. The standard InChI is InChI=1S/C15H19NO/c1-2-15(13-9-5-3-6-10-13)17-16-14-11-7-4-8-12-14/h2-3,5-6,9-10,15H,1,4,7-8,11-12H2/t15-/m0/s1. The summed E-state index contributed by atoms with van der Waals surface area (Å²) in [6.07, 6.45) is 7.63. The van der Waals surface area contributed by atoms with Gasteiger partial charge in [0.1, 0.15) is 0 Å². The van der Waals surface area contributed by atoms with Crippen LogP contribution in [0.4, 0.5) is 0 Å². The van der Waals surface area contributed by atoms with Crippen LogP contribution in [0.15, 0.2) is 48.1 Å². The second kappa shape index (κ2) is 6.24. The molecule has 0 aromatic heterocycles. The highest BCUT2D eigenvalue weighted by Gasteiger charge is 2.10. The summed E-state index contributed by atoms with van der Waals surface area (Å²) in [6.45, 7) is 3.81. The molecular formula is C15H19NO. The maximum Gasteiger partial charge on any atom is 0.170 e. The van der Waals surface area contributed by atoms with Crippen LogP contribution in [0.2, 0.25) is 0 Å². The van der Waals surface area contributed by atoms with Crippen LogP contribution >= 0.6 is 0 Å². The molecule has 0 unspecified atom stereocenters. The normalized spacial score (nSPS) is 17.3. The van der Waals surface area contributed by atoms with Gasteiger partial charge in [0.15, 0.2) is 6.10 Å². The number of oxime groups is 1. The fraction of sp³-hybridized carbons (Fsp3) is 0.400. The first-order chi connectivity index (χ1) is 8.40. The van der Waals surface area contributed by atoms with Crippen molar-refractivity contribution in [1.82, 2.24) is 0 Å². The van der Waals surface area contributed by atoms with E-state index in [2.05, 4.69) is 11.7 Å². The fourth-order valence-electron chi connectivity index (χ4n) is 2.07. The number of benzene rings is 1. The lowest BCUT2D eigenvalue weighted by atomic mass is 9.99. The molecule has 0 radical (unpaired) electrons. The van der Waals surface area contributed by atoms with E-state index < -0.39 is 0 Å². The van der Waals surface area contributed by atoms with Gasteiger partial charge >= 0.3 is 0 Å². The molecule has 0 N–H and O–H groups in total. The third kappa shape index (κ3) is 3.45. The fourth-order valence-corrected chi connectivity index (χ4v) is 2.07. The van der Waals surface area contributed by atoms with Gasteiger partial charge in [-0.25, -0.2) is 0 Å². The molecule has 1 aliphatic carbocycles. The average molecular weight is 229 g/mol. The third-order valence-electron chi connectivity index (χ3n) is 3.07. The van der Waals surface area contributed by atoms with Crippen LogP contribution in [0.25, 0.3) is 0 Å². The highest BCUT2D eigenvalue weighted by atomic mass is 16.6. The minimum atomic E-state index is -0.134. The molecule has 1 atom stereocenters. The monoisotopic (exact) mass is 229 g/mol. The van der Waals surface area contributed by atoms with E-state index in [9.17, 15) is 0 Å². The molecular weight excluding hydrogens is 210 g/mol. The number of nitrogens with zero attached hydrogens (tertiary/aromatic N) is 1. The second-order valence-electron chi connectivity index (χ2n) is 4.39. The van der Waals surface area contributed by atoms with E-state index in [4.69, 9.17) is 4.84 Å². The molecule has 2 nitrogen and oxygen atoms in total. The molecule has 0 spiro atoms. The van der Waals surface area contributed by atoms with E-state index in [0.717, 1.165) is 18.4 Å². The number of hydrogen-bond acceptors (Lipinski definition) is 2. The first kappa shape index (κ1) is 11.9. The molecule has 2 heteroatoms. The Hall–Kier alpha value is -1.57. The Labute approximate surface area is 103 Å². The molecule has 1 saturated carbocycles. The van der Waals surface area contributed by atoms with Crippen molar-refractivity contribution in [1.29, 1.82) is 0 Å². The molecule has 0 aliphatic heterocycles. The van der Waals surface area contributed by atoms with E-state index in [-0.39, 0.29) is 6.10 Å². The minimum absolute atomic E-state index is 0.134. The van der Waals surface area contributed by atoms with Crippen molar-refractivity contribution in [2.45, 2.75) is 38.2 Å². The van der Waals surface area contributed by atoms with Crippen molar-refractivity contribution in [3.8, 4) is 0 Å². The summed E-state index contributed by atoms with van der Waals surface area (Å²) < 4.78 is 0. The SMILES string of the molecule is C=C[C@H](ON=C1CCCCC1)c1ccccc1. The second-order valence-corrected chi connectivity index (χ2v) is 4.39. The van der Waals surface area contributed by atoms with Gasteiger partial charge in [-0.15, -0.1) is 0 Å². The number of rotatable bonds is 4. The lowest BCUT2D eigenvalue weighted by molar-refractivity contribution is 0.0916. The van der Waals surface area contributed by atoms with Crippen LogP contribution in [-0.4, -0.2) is 5.71 Å². The summed E-state index contributed by atoms with van der Waals surface area (Å²) in [5.74, 6) is 0. The molecule has 0 heterocycles. The first-order valence-electron chi connectivity index (χ1n) is 6.29. The van der Waals surface area contributed by atoms with Gasteiger partial charge in [0.25, 0.3) is 0 Å². The van der Waals surface area contributed by atoms with Gasteiger partial charge in [-0.1, -0.05) is 48.5 Å². The van der Waals surface area contributed by atoms with Crippen molar-refractivity contribution in [2.75, 3.05) is 0 Å². The minimum Gasteiger partial charge on any atom is -0.383 e. The molecule has 17 heavy (non-hydrogen) atoms. The Kier molecular flexibility index (Phi) is 4.37. The van der Waals surface area contributed by atoms with Crippen molar-refractivity contribution in [2.24, 2.45) is 5.16 Å². The Balaban J connectivity index is 1.98. The zero-order valence-corrected chi connectivity index (χ0v) is 10.1. The van der Waals surface area contributed by atoms with E-state index in [1.165, 1.54) is 25.0 Å². The Bertz CT molecular complexity index is 375. The van der Waals surface area contributed by atoms with Gasteiger partial charge in [0.05, 0.1) is 5.71 Å². The third-order valence-corrected chi connectivity index (χ3v) is 3.07. The van der Waals surface area contributed by atoms with Crippen LogP contribution in [0.1, 0.15) is 43.8 Å². The lowest BCUT2D eigenvalue weighted by Crippen LogP contribution is -2.06. The van der Waals surface area contributed by atoms with Crippen LogP contribution in [0.5, 0.6) is 0 Å². The van der Waals surface area contributed by atoms with Gasteiger partial charge in [0, 0.05) is 0 Å². The first-order valence-corrected chi connectivity index (χ1v) is 6.29. The summed E-state index contributed by atoms with van der Waals surface area (Å²) in [6, 6.07) is 10.1. The summed E-state index contributed by atoms with van der Waals surface area (Å²) in [5.41, 5.74) is 2.29. The quantitative estimate of drug-likeness (QED) is 0.558. The largest absolute Gasteiger partial charge is 0.383 e. The van der Waals surface area contributed by atoms with Gasteiger partial charge in [-0.05, 0) is 37.3 Å². The van der Waals surface area contributed by atoms with Crippen LogP contribution in [0.3, 0.4) is 0 Å². The molecule has 90 valence electrons. The van der Waals surface area contributed by atoms with Gasteiger partial charge in [-0.3, -0.25) is 0 Å². The summed E-state index contributed by atoms with van der Waals surface area (Å²) in [7, 11) is 0. The summed E-state index contributed by atoms with van der Waals surface area (Å²) in [4.78, 5) is 5.59. The summed E-state index contributed by atoms with van der Waals surface area (Å²) >= 11 is 0. The summed E-state index contributed by atoms with van der Waals surface area (Å²) in [5, 5.41) is 4.28. The Morgan fingerprint density at radius 1 is 1.12 bits per heavy atom. The van der Waals surface area contributed by atoms with E-state index >= 15 is 0 Å². The number of hydrogen-bond donors (Lipinski definition) is 0. The Morgan fingerprint density at radius 2 is 1.82 bits per heavy atom. The van der Waals surface area contributed by atoms with E-state index in [1.54, 1.807) is 6.08 Å². The Morgan fingerprint density at radius 3 is 2.47 bits per heavy atom. The van der Waals surface area contributed by atoms with Crippen molar-refractivity contribution in [3.05, 3.63) is 48.6 Å². The van der Waals surface area contributed by atoms with Crippen molar-refractivity contribution >= 4 is 5.71 Å². The van der Waals surface area contributed by atoms with Crippen LogP contribution in [-0.2, 0) is 4.84 Å². The van der Waals surface area contributed by atoms with Crippen LogP contribution < -0.4 is 0 Å². The lowest BCUT2D eigenvalue weighted by Gasteiger charge is -2.15. The topological polar surface area (TPSA) is 21.6 Å². The van der Waals surface area contributed by atoms with E-state index in [0.29, 0.717) is 0 Å². The molecule has 1 aromatic carbocycles. The molecule has 0 bridgehead atoms. The van der Waals surface area contributed by atoms with Crippen molar-refractivity contribution in [3.63, 3.8) is 0 Å². The maximum atomic E-state index is 5.59. The van der Waals surface area contributed by atoms with Gasteiger partial charge < -0.3 is 4.84 Å². The predicted octanol–water partition coefficient (Wildman–Crippen LogP) is 4.25. The molecule has 0 saturated heterocycles. The van der Waals surface area contributed by atoms with Crippen molar-refractivity contribution < 1.29 is 4.84 Å². The molecule has 2 rings (SSSR count). The highest BCUT2D eigenvalue weighted by molar-refractivity contribution is 5.84. The zero-order chi connectivity index (χ0) is 11.9. The maximum absolute atomic E-state index is 5.59.